The summed E-state index contributed by atoms with van der Waals surface area (Å²) < 4.78 is 0. The van der Waals surface area contributed by atoms with Crippen LogP contribution in [0.1, 0.15) is 11.4 Å². The van der Waals surface area contributed by atoms with Crippen LogP contribution in [0.2, 0.25) is 0 Å². The molecule has 0 fully saturated rings. The number of hydrogen-bond acceptors (Lipinski definition) is 5. The third-order valence-electron chi connectivity index (χ3n) is 2.04. The fraction of sp³-hybridized carbons (Fsp3) is 0.200. The van der Waals surface area contributed by atoms with Crippen LogP contribution in [0, 0.1) is 13.8 Å². The number of pyridine rings is 1. The van der Waals surface area contributed by atoms with Crippen molar-refractivity contribution in [3.8, 4) is 11.4 Å². The Morgan fingerprint density at radius 2 is 1.93 bits per heavy atom. The molecule has 0 spiro atoms. The quantitative estimate of drug-likeness (QED) is 0.748. The smallest absolute Gasteiger partial charge is 0.223 e. The zero-order valence-electron chi connectivity index (χ0n) is 8.60. The largest absolute Gasteiger partial charge is 0.368 e. The van der Waals surface area contributed by atoms with Gasteiger partial charge in [-0.2, -0.15) is 9.97 Å². The Morgan fingerprint density at radius 1 is 1.13 bits per heavy atom. The van der Waals surface area contributed by atoms with Crippen LogP contribution in [0.4, 0.5) is 5.95 Å². The summed E-state index contributed by atoms with van der Waals surface area (Å²) in [4.78, 5) is 16.3. The second-order valence-electron chi connectivity index (χ2n) is 3.26. The second kappa shape index (κ2) is 3.61. The summed E-state index contributed by atoms with van der Waals surface area (Å²) in [6.45, 7) is 3.76. The van der Waals surface area contributed by atoms with Gasteiger partial charge in [0.05, 0.1) is 0 Å². The topological polar surface area (TPSA) is 77.6 Å². The first-order valence-corrected chi connectivity index (χ1v) is 4.56. The van der Waals surface area contributed by atoms with Gasteiger partial charge in [-0.25, -0.2) is 4.98 Å². The number of nitrogen functional groups attached to an aromatic ring is 1. The Balaban J connectivity index is 2.59. The van der Waals surface area contributed by atoms with Crippen molar-refractivity contribution in [3.63, 3.8) is 0 Å². The van der Waals surface area contributed by atoms with Crippen molar-refractivity contribution in [2.24, 2.45) is 0 Å². The second-order valence-corrected chi connectivity index (χ2v) is 3.26. The summed E-state index contributed by atoms with van der Waals surface area (Å²) in [6, 6.07) is 1.91. The third kappa shape index (κ3) is 1.90. The van der Waals surface area contributed by atoms with Crippen LogP contribution in [0.15, 0.2) is 18.5 Å². The van der Waals surface area contributed by atoms with Gasteiger partial charge in [-0.3, -0.25) is 4.98 Å². The number of aromatic nitrogens is 4. The van der Waals surface area contributed by atoms with Crippen LogP contribution >= 0.6 is 0 Å². The molecule has 0 saturated heterocycles. The van der Waals surface area contributed by atoms with Crippen molar-refractivity contribution in [1.29, 1.82) is 0 Å². The van der Waals surface area contributed by atoms with E-state index < -0.39 is 0 Å². The standard InChI is InChI=1S/C10H11N5/c1-6-3-4-12-5-8(6)9-13-7(2)14-10(11)15-9/h3-5H,1-2H3,(H2,11,13,14,15). The molecule has 15 heavy (non-hydrogen) atoms. The maximum atomic E-state index is 5.56. The molecule has 0 radical (unpaired) electrons. The molecule has 0 aliphatic carbocycles. The van der Waals surface area contributed by atoms with Crippen LogP contribution in [0.25, 0.3) is 11.4 Å². The number of nitrogens with zero attached hydrogens (tertiary/aromatic N) is 4. The molecule has 0 unspecified atom stereocenters. The molecular formula is C10H11N5. The number of nitrogens with two attached hydrogens (primary N) is 1. The molecule has 2 heterocycles. The molecule has 2 rings (SSSR count). The SMILES string of the molecule is Cc1nc(N)nc(-c2cnccc2C)n1. The van der Waals surface area contributed by atoms with Gasteiger partial charge in [0.15, 0.2) is 5.82 Å². The first-order chi connectivity index (χ1) is 7.16. The predicted octanol–water partition coefficient (Wildman–Crippen LogP) is 1.13. The van der Waals surface area contributed by atoms with Crippen LogP contribution in [0.3, 0.4) is 0 Å². The first kappa shape index (κ1) is 9.51. The molecule has 0 bridgehead atoms. The van der Waals surface area contributed by atoms with Gasteiger partial charge in [-0.05, 0) is 25.5 Å². The Kier molecular flexibility index (Phi) is 2.29. The Labute approximate surface area is 87.4 Å². The molecule has 2 aromatic rings. The lowest BCUT2D eigenvalue weighted by Crippen LogP contribution is -2.02. The van der Waals surface area contributed by atoms with Gasteiger partial charge >= 0.3 is 0 Å². The maximum Gasteiger partial charge on any atom is 0.223 e. The molecule has 76 valence electrons. The van der Waals surface area contributed by atoms with Crippen molar-refractivity contribution in [1.82, 2.24) is 19.9 Å². The van der Waals surface area contributed by atoms with Gasteiger partial charge in [0.1, 0.15) is 5.82 Å². The summed E-state index contributed by atoms with van der Waals surface area (Å²) in [5, 5.41) is 0. The normalized spacial score (nSPS) is 10.3. The molecule has 0 aliphatic rings. The van der Waals surface area contributed by atoms with Gasteiger partial charge in [0.25, 0.3) is 0 Å². The highest BCUT2D eigenvalue weighted by Crippen LogP contribution is 2.18. The molecular weight excluding hydrogens is 190 g/mol. The molecule has 5 heteroatoms. The van der Waals surface area contributed by atoms with E-state index >= 15 is 0 Å². The molecule has 0 aromatic carbocycles. The summed E-state index contributed by atoms with van der Waals surface area (Å²) >= 11 is 0. The third-order valence-corrected chi connectivity index (χ3v) is 2.04. The summed E-state index contributed by atoms with van der Waals surface area (Å²) in [5.41, 5.74) is 7.51. The monoisotopic (exact) mass is 201 g/mol. The van der Waals surface area contributed by atoms with Crippen LogP contribution in [-0.2, 0) is 0 Å². The van der Waals surface area contributed by atoms with E-state index in [0.717, 1.165) is 11.1 Å². The fourth-order valence-electron chi connectivity index (χ4n) is 1.32. The number of hydrogen-bond donors (Lipinski definition) is 1. The molecule has 5 nitrogen and oxygen atoms in total. The highest BCUT2D eigenvalue weighted by Gasteiger charge is 2.06. The van der Waals surface area contributed by atoms with E-state index in [1.807, 2.05) is 13.0 Å². The van der Waals surface area contributed by atoms with E-state index in [1.165, 1.54) is 0 Å². The van der Waals surface area contributed by atoms with E-state index in [2.05, 4.69) is 19.9 Å². The summed E-state index contributed by atoms with van der Waals surface area (Å²) in [7, 11) is 0. The summed E-state index contributed by atoms with van der Waals surface area (Å²) in [5.74, 6) is 1.42. The Morgan fingerprint density at radius 3 is 2.60 bits per heavy atom. The van der Waals surface area contributed by atoms with Gasteiger partial charge in [-0.1, -0.05) is 0 Å². The predicted molar refractivity (Wildman–Crippen MR) is 56.9 cm³/mol. The molecule has 2 N–H and O–H groups in total. The maximum absolute atomic E-state index is 5.56. The van der Waals surface area contributed by atoms with E-state index in [-0.39, 0.29) is 5.95 Å². The van der Waals surface area contributed by atoms with Crippen LogP contribution < -0.4 is 5.73 Å². The molecule has 2 aromatic heterocycles. The molecule has 0 amide bonds. The lowest BCUT2D eigenvalue weighted by molar-refractivity contribution is 0.992. The first-order valence-electron chi connectivity index (χ1n) is 4.56. The van der Waals surface area contributed by atoms with Gasteiger partial charge < -0.3 is 5.73 Å². The number of anilines is 1. The fourth-order valence-corrected chi connectivity index (χ4v) is 1.32. The van der Waals surface area contributed by atoms with E-state index in [0.29, 0.717) is 11.6 Å². The average Bonchev–Trinajstić information content (AvgIpc) is 2.16. The van der Waals surface area contributed by atoms with Gasteiger partial charge in [-0.15, -0.1) is 0 Å². The van der Waals surface area contributed by atoms with Crippen molar-refractivity contribution >= 4 is 5.95 Å². The number of rotatable bonds is 1. The minimum absolute atomic E-state index is 0.237. The molecule has 0 aliphatic heterocycles. The van der Waals surface area contributed by atoms with Crippen molar-refractivity contribution in [2.75, 3.05) is 5.73 Å². The van der Waals surface area contributed by atoms with E-state index in [4.69, 9.17) is 5.73 Å². The lowest BCUT2D eigenvalue weighted by atomic mass is 10.1. The minimum atomic E-state index is 0.237. The zero-order valence-corrected chi connectivity index (χ0v) is 8.60. The summed E-state index contributed by atoms with van der Waals surface area (Å²) in [6.07, 6.45) is 3.46. The highest BCUT2D eigenvalue weighted by molar-refractivity contribution is 5.58. The van der Waals surface area contributed by atoms with Crippen LogP contribution in [-0.4, -0.2) is 19.9 Å². The Hall–Kier alpha value is -2.04. The van der Waals surface area contributed by atoms with Crippen molar-refractivity contribution < 1.29 is 0 Å². The van der Waals surface area contributed by atoms with Crippen molar-refractivity contribution in [3.05, 3.63) is 29.8 Å². The van der Waals surface area contributed by atoms with E-state index in [9.17, 15) is 0 Å². The lowest BCUT2D eigenvalue weighted by Gasteiger charge is -2.04. The molecule has 0 saturated carbocycles. The average molecular weight is 201 g/mol. The van der Waals surface area contributed by atoms with Crippen molar-refractivity contribution in [2.45, 2.75) is 13.8 Å². The molecule has 0 atom stereocenters. The van der Waals surface area contributed by atoms with Crippen LogP contribution in [0.5, 0.6) is 0 Å². The van der Waals surface area contributed by atoms with Gasteiger partial charge in [0, 0.05) is 18.0 Å². The Bertz CT molecular complexity index is 475. The number of aryl methyl sites for hydroxylation is 2. The zero-order chi connectivity index (χ0) is 10.8. The minimum Gasteiger partial charge on any atom is -0.368 e. The van der Waals surface area contributed by atoms with E-state index in [1.54, 1.807) is 19.3 Å². The highest BCUT2D eigenvalue weighted by atomic mass is 15.1. The van der Waals surface area contributed by atoms with Gasteiger partial charge in [0.2, 0.25) is 5.95 Å².